The van der Waals surface area contributed by atoms with Gasteiger partial charge in [0.1, 0.15) is 0 Å². The Balaban J connectivity index is 1.68. The number of hydrogen-bond donors (Lipinski definition) is 2. The zero-order valence-electron chi connectivity index (χ0n) is 12.7. The summed E-state index contributed by atoms with van der Waals surface area (Å²) in [6.45, 7) is 2.33. The first kappa shape index (κ1) is 15.5. The van der Waals surface area contributed by atoms with Gasteiger partial charge in [-0.2, -0.15) is 0 Å². The third kappa shape index (κ3) is 5.21. The Hall–Kier alpha value is -1.84. The molecular weight excluding hydrogens is 264 g/mol. The minimum atomic E-state index is -0.121. The van der Waals surface area contributed by atoms with Crippen LogP contribution in [-0.2, 0) is 4.79 Å². The van der Waals surface area contributed by atoms with Crippen molar-refractivity contribution in [2.75, 3.05) is 6.54 Å². The highest BCUT2D eigenvalue weighted by Crippen LogP contribution is 2.17. The van der Waals surface area contributed by atoms with Crippen LogP contribution < -0.4 is 10.6 Å². The number of nitrogens with one attached hydrogen (secondary N) is 2. The van der Waals surface area contributed by atoms with Gasteiger partial charge in [0.05, 0.1) is 0 Å². The molecule has 4 nitrogen and oxygen atoms in total. The summed E-state index contributed by atoms with van der Waals surface area (Å²) in [5, 5.41) is 5.85. The minimum Gasteiger partial charge on any atom is -0.353 e. The van der Waals surface area contributed by atoms with Crippen LogP contribution in [0, 0.1) is 6.92 Å². The lowest BCUT2D eigenvalue weighted by Crippen LogP contribution is -2.38. The maximum atomic E-state index is 11.9. The van der Waals surface area contributed by atoms with Gasteiger partial charge in [-0.05, 0) is 31.9 Å². The summed E-state index contributed by atoms with van der Waals surface area (Å²) in [5.74, 6) is -0.0874. The van der Waals surface area contributed by atoms with Crippen molar-refractivity contribution in [1.29, 1.82) is 0 Å². The molecule has 0 atom stereocenters. The van der Waals surface area contributed by atoms with Gasteiger partial charge in [-0.15, -0.1) is 0 Å². The molecular formula is C17H24N2O2. The van der Waals surface area contributed by atoms with Crippen molar-refractivity contribution in [3.05, 3.63) is 35.4 Å². The largest absolute Gasteiger partial charge is 0.353 e. The van der Waals surface area contributed by atoms with E-state index in [4.69, 9.17) is 0 Å². The van der Waals surface area contributed by atoms with Crippen molar-refractivity contribution in [2.45, 2.75) is 51.5 Å². The summed E-state index contributed by atoms with van der Waals surface area (Å²) in [6, 6.07) is 7.77. The number of benzene rings is 1. The lowest BCUT2D eigenvalue weighted by Gasteiger charge is -2.22. The molecule has 1 aromatic carbocycles. The smallest absolute Gasteiger partial charge is 0.251 e. The molecule has 0 spiro atoms. The summed E-state index contributed by atoms with van der Waals surface area (Å²) in [6.07, 6.45) is 6.19. The zero-order chi connectivity index (χ0) is 15.1. The van der Waals surface area contributed by atoms with Crippen molar-refractivity contribution >= 4 is 11.8 Å². The molecule has 0 unspecified atom stereocenters. The number of hydrogen-bond acceptors (Lipinski definition) is 2. The van der Waals surface area contributed by atoms with Crippen LogP contribution in [0.3, 0.4) is 0 Å². The quantitative estimate of drug-likeness (QED) is 0.875. The molecule has 1 aliphatic carbocycles. The highest BCUT2D eigenvalue weighted by Gasteiger charge is 2.15. The molecule has 1 aliphatic rings. The van der Waals surface area contributed by atoms with Crippen molar-refractivity contribution in [2.24, 2.45) is 0 Å². The maximum Gasteiger partial charge on any atom is 0.251 e. The van der Waals surface area contributed by atoms with Gasteiger partial charge in [-0.25, -0.2) is 0 Å². The second kappa shape index (κ2) is 7.81. The number of carbonyl (C=O) groups is 2. The van der Waals surface area contributed by atoms with E-state index in [1.807, 2.05) is 25.1 Å². The molecule has 0 aliphatic heterocycles. The Morgan fingerprint density at radius 1 is 1.19 bits per heavy atom. The molecule has 2 rings (SSSR count). The maximum absolute atomic E-state index is 11.9. The van der Waals surface area contributed by atoms with Crippen LogP contribution in [-0.4, -0.2) is 24.4 Å². The highest BCUT2D eigenvalue weighted by molar-refractivity contribution is 5.94. The van der Waals surface area contributed by atoms with Crippen molar-refractivity contribution < 1.29 is 9.59 Å². The standard InChI is InChI=1S/C17H24N2O2/c1-13-6-5-7-14(12-13)17(21)18-11-10-16(20)19-15-8-3-2-4-9-15/h5-7,12,15H,2-4,8-11H2,1H3,(H,18,21)(H,19,20). The fourth-order valence-corrected chi connectivity index (χ4v) is 2.72. The van der Waals surface area contributed by atoms with Crippen molar-refractivity contribution in [3.63, 3.8) is 0 Å². The fourth-order valence-electron chi connectivity index (χ4n) is 2.72. The third-order valence-electron chi connectivity index (χ3n) is 3.89. The molecule has 114 valence electrons. The second-order valence-electron chi connectivity index (χ2n) is 5.78. The van der Waals surface area contributed by atoms with E-state index >= 15 is 0 Å². The molecule has 2 amide bonds. The van der Waals surface area contributed by atoms with Gasteiger partial charge in [0.2, 0.25) is 5.91 Å². The van der Waals surface area contributed by atoms with Gasteiger partial charge >= 0.3 is 0 Å². The van der Waals surface area contributed by atoms with E-state index in [0.717, 1.165) is 18.4 Å². The van der Waals surface area contributed by atoms with Gasteiger partial charge in [0.25, 0.3) is 5.91 Å². The van der Waals surface area contributed by atoms with Crippen molar-refractivity contribution in [1.82, 2.24) is 10.6 Å². The molecule has 1 aromatic rings. The lowest BCUT2D eigenvalue weighted by atomic mass is 9.95. The van der Waals surface area contributed by atoms with Crippen LogP contribution in [0.25, 0.3) is 0 Å². The Morgan fingerprint density at radius 2 is 1.95 bits per heavy atom. The van der Waals surface area contributed by atoms with Gasteiger partial charge in [0.15, 0.2) is 0 Å². The molecule has 1 fully saturated rings. The van der Waals surface area contributed by atoms with E-state index in [0.29, 0.717) is 24.6 Å². The first-order chi connectivity index (χ1) is 10.1. The molecule has 1 saturated carbocycles. The molecule has 0 bridgehead atoms. The Labute approximate surface area is 126 Å². The molecule has 0 heterocycles. The highest BCUT2D eigenvalue weighted by atomic mass is 16.2. The summed E-state index contributed by atoms with van der Waals surface area (Å²) in [5.41, 5.74) is 1.69. The van der Waals surface area contributed by atoms with Crippen molar-refractivity contribution in [3.8, 4) is 0 Å². The lowest BCUT2D eigenvalue weighted by molar-refractivity contribution is -0.121. The van der Waals surface area contributed by atoms with Crippen LogP contribution in [0.1, 0.15) is 54.4 Å². The number of rotatable bonds is 5. The van der Waals surface area contributed by atoms with E-state index < -0.39 is 0 Å². The first-order valence-electron chi connectivity index (χ1n) is 7.79. The second-order valence-corrected chi connectivity index (χ2v) is 5.78. The van der Waals surface area contributed by atoms with Gasteiger partial charge < -0.3 is 10.6 Å². The zero-order valence-corrected chi connectivity index (χ0v) is 12.7. The fraction of sp³-hybridized carbons (Fsp3) is 0.529. The Kier molecular flexibility index (Phi) is 5.78. The third-order valence-corrected chi connectivity index (χ3v) is 3.89. The van der Waals surface area contributed by atoms with E-state index in [1.54, 1.807) is 6.07 Å². The molecule has 0 radical (unpaired) electrons. The van der Waals surface area contributed by atoms with E-state index in [2.05, 4.69) is 10.6 Å². The SMILES string of the molecule is Cc1cccc(C(=O)NCCC(=O)NC2CCCCC2)c1. The van der Waals surface area contributed by atoms with Crippen LogP contribution in [0.15, 0.2) is 24.3 Å². The number of aryl methyl sites for hydroxylation is 1. The van der Waals surface area contributed by atoms with Gasteiger partial charge in [-0.1, -0.05) is 37.0 Å². The van der Waals surface area contributed by atoms with Crippen LogP contribution in [0.5, 0.6) is 0 Å². The normalized spacial score (nSPS) is 15.5. The number of carbonyl (C=O) groups excluding carboxylic acids is 2. The molecule has 2 N–H and O–H groups in total. The summed E-state index contributed by atoms with van der Waals surface area (Å²) in [7, 11) is 0. The van der Waals surface area contributed by atoms with Crippen LogP contribution in [0.4, 0.5) is 0 Å². The average Bonchev–Trinajstić information content (AvgIpc) is 2.48. The topological polar surface area (TPSA) is 58.2 Å². The van der Waals surface area contributed by atoms with Crippen LogP contribution in [0.2, 0.25) is 0 Å². The summed E-state index contributed by atoms with van der Waals surface area (Å²) >= 11 is 0. The minimum absolute atomic E-state index is 0.0337. The van der Waals surface area contributed by atoms with E-state index in [9.17, 15) is 9.59 Å². The summed E-state index contributed by atoms with van der Waals surface area (Å²) in [4.78, 5) is 23.7. The first-order valence-corrected chi connectivity index (χ1v) is 7.79. The van der Waals surface area contributed by atoms with E-state index in [-0.39, 0.29) is 11.8 Å². The molecule has 0 aromatic heterocycles. The predicted octanol–water partition coefficient (Wildman–Crippen LogP) is 2.56. The number of amides is 2. The molecule has 4 heteroatoms. The molecule has 0 saturated heterocycles. The van der Waals surface area contributed by atoms with Gasteiger partial charge in [0, 0.05) is 24.6 Å². The average molecular weight is 288 g/mol. The predicted molar refractivity (Wildman–Crippen MR) is 83.1 cm³/mol. The Bertz CT molecular complexity index is 493. The summed E-state index contributed by atoms with van der Waals surface area (Å²) < 4.78 is 0. The monoisotopic (exact) mass is 288 g/mol. The van der Waals surface area contributed by atoms with Crippen LogP contribution >= 0.6 is 0 Å². The van der Waals surface area contributed by atoms with Gasteiger partial charge in [-0.3, -0.25) is 9.59 Å². The van der Waals surface area contributed by atoms with E-state index in [1.165, 1.54) is 19.3 Å². The molecule has 21 heavy (non-hydrogen) atoms. The Morgan fingerprint density at radius 3 is 2.67 bits per heavy atom.